The fourth-order valence-electron chi connectivity index (χ4n) is 4.12. The molecule has 5 heteroatoms. The summed E-state index contributed by atoms with van der Waals surface area (Å²) in [7, 11) is 0. The number of urea groups is 1. The molecular formula is C17H30N4O. The van der Waals surface area contributed by atoms with Gasteiger partial charge in [0.2, 0.25) is 0 Å². The van der Waals surface area contributed by atoms with E-state index >= 15 is 0 Å². The number of amides is 2. The molecule has 0 radical (unpaired) electrons. The summed E-state index contributed by atoms with van der Waals surface area (Å²) >= 11 is 0. The maximum absolute atomic E-state index is 11.8. The Balaban J connectivity index is 1.37. The number of hydrazone groups is 1. The molecule has 0 unspecified atom stereocenters. The first-order valence-corrected chi connectivity index (χ1v) is 9.17. The van der Waals surface area contributed by atoms with Crippen molar-refractivity contribution in [1.29, 1.82) is 0 Å². The van der Waals surface area contributed by atoms with Gasteiger partial charge in [0, 0.05) is 43.7 Å². The zero-order chi connectivity index (χ0) is 15.2. The fourth-order valence-corrected chi connectivity index (χ4v) is 4.12. The van der Waals surface area contributed by atoms with E-state index in [2.05, 4.69) is 20.7 Å². The van der Waals surface area contributed by atoms with Gasteiger partial charge in [0.25, 0.3) is 0 Å². The second-order valence-corrected chi connectivity index (χ2v) is 7.07. The first kappa shape index (κ1) is 15.8. The Morgan fingerprint density at radius 2 is 1.59 bits per heavy atom. The zero-order valence-electron chi connectivity index (χ0n) is 13.6. The Bertz CT molecular complexity index is 387. The molecule has 0 spiro atoms. The van der Waals surface area contributed by atoms with Gasteiger partial charge < -0.3 is 5.32 Å². The molecule has 1 heterocycles. The second kappa shape index (κ2) is 7.95. The van der Waals surface area contributed by atoms with Crippen LogP contribution in [0.4, 0.5) is 4.79 Å². The average molecular weight is 306 g/mol. The van der Waals surface area contributed by atoms with Gasteiger partial charge in [0.05, 0.1) is 0 Å². The number of rotatable bonds is 3. The summed E-state index contributed by atoms with van der Waals surface area (Å²) in [6.45, 7) is 2.21. The van der Waals surface area contributed by atoms with Crippen LogP contribution < -0.4 is 10.7 Å². The molecule has 2 N–H and O–H groups in total. The first-order valence-electron chi connectivity index (χ1n) is 9.17. The topological polar surface area (TPSA) is 56.7 Å². The molecule has 3 fully saturated rings. The Morgan fingerprint density at radius 3 is 2.27 bits per heavy atom. The van der Waals surface area contributed by atoms with Gasteiger partial charge in [-0.25, -0.2) is 10.2 Å². The van der Waals surface area contributed by atoms with Crippen LogP contribution in [0.1, 0.15) is 70.6 Å². The van der Waals surface area contributed by atoms with Gasteiger partial charge in [0.15, 0.2) is 0 Å². The average Bonchev–Trinajstić information content (AvgIpc) is 3.07. The second-order valence-electron chi connectivity index (χ2n) is 7.07. The zero-order valence-corrected chi connectivity index (χ0v) is 13.6. The lowest BCUT2D eigenvalue weighted by Gasteiger charge is -2.37. The van der Waals surface area contributed by atoms with E-state index < -0.39 is 0 Å². The van der Waals surface area contributed by atoms with Crippen LogP contribution in [0.15, 0.2) is 5.10 Å². The largest absolute Gasteiger partial charge is 0.335 e. The fraction of sp³-hybridized carbons (Fsp3) is 0.882. The van der Waals surface area contributed by atoms with Gasteiger partial charge in [0.1, 0.15) is 0 Å². The molecule has 3 rings (SSSR count). The molecule has 0 bridgehead atoms. The van der Waals surface area contributed by atoms with Crippen LogP contribution >= 0.6 is 0 Å². The molecule has 0 aromatic carbocycles. The van der Waals surface area contributed by atoms with Crippen LogP contribution in [0.3, 0.4) is 0 Å². The van der Waals surface area contributed by atoms with Gasteiger partial charge in [-0.05, 0) is 25.7 Å². The molecule has 5 nitrogen and oxygen atoms in total. The molecule has 22 heavy (non-hydrogen) atoms. The molecule has 0 aromatic heterocycles. The molecular weight excluding hydrogens is 276 g/mol. The highest BCUT2D eigenvalue weighted by Crippen LogP contribution is 2.24. The van der Waals surface area contributed by atoms with Crippen LogP contribution in [0.25, 0.3) is 0 Å². The Hall–Kier alpha value is -1.10. The SMILES string of the molecule is O=C(NN=C1CCN(C2CCCCC2)CC1)NC1CCCC1. The van der Waals surface area contributed by atoms with E-state index in [1.807, 2.05) is 0 Å². The van der Waals surface area contributed by atoms with Crippen molar-refractivity contribution in [2.75, 3.05) is 13.1 Å². The maximum atomic E-state index is 11.8. The van der Waals surface area contributed by atoms with E-state index in [9.17, 15) is 4.79 Å². The minimum atomic E-state index is -0.130. The van der Waals surface area contributed by atoms with Crippen molar-refractivity contribution in [3.8, 4) is 0 Å². The minimum absolute atomic E-state index is 0.130. The molecule has 2 saturated carbocycles. The molecule has 0 aromatic rings. The normalized spacial score (nSPS) is 25.2. The lowest BCUT2D eigenvalue weighted by Crippen LogP contribution is -2.43. The number of nitrogens with zero attached hydrogens (tertiary/aromatic N) is 2. The third-order valence-electron chi connectivity index (χ3n) is 5.47. The summed E-state index contributed by atoms with van der Waals surface area (Å²) in [5, 5.41) is 7.34. The summed E-state index contributed by atoms with van der Waals surface area (Å²) < 4.78 is 0. The summed E-state index contributed by atoms with van der Waals surface area (Å²) in [5.41, 5.74) is 3.84. The van der Waals surface area contributed by atoms with E-state index in [1.54, 1.807) is 0 Å². The van der Waals surface area contributed by atoms with Crippen LogP contribution in [0, 0.1) is 0 Å². The van der Waals surface area contributed by atoms with Crippen LogP contribution in [-0.2, 0) is 0 Å². The molecule has 1 aliphatic heterocycles. The van der Waals surface area contributed by atoms with Crippen molar-refractivity contribution < 1.29 is 4.79 Å². The van der Waals surface area contributed by atoms with Crippen LogP contribution in [0.2, 0.25) is 0 Å². The number of piperidine rings is 1. The number of nitrogens with one attached hydrogen (secondary N) is 2. The smallest absolute Gasteiger partial charge is 0.334 e. The van der Waals surface area contributed by atoms with E-state index in [0.29, 0.717) is 6.04 Å². The lowest BCUT2D eigenvalue weighted by molar-refractivity contribution is 0.155. The summed E-state index contributed by atoms with van der Waals surface area (Å²) in [5.74, 6) is 0. The highest BCUT2D eigenvalue weighted by Gasteiger charge is 2.24. The standard InChI is InChI=1S/C17H30N4O/c22-17(18-14-6-4-5-7-14)20-19-15-10-12-21(13-11-15)16-8-2-1-3-9-16/h14,16H,1-13H2,(H2,18,20,22). The highest BCUT2D eigenvalue weighted by atomic mass is 16.2. The predicted molar refractivity (Wildman–Crippen MR) is 89.0 cm³/mol. The number of likely N-dealkylation sites (tertiary alicyclic amines) is 1. The van der Waals surface area contributed by atoms with Gasteiger partial charge >= 0.3 is 6.03 Å². The molecule has 1 saturated heterocycles. The molecule has 2 amide bonds. The van der Waals surface area contributed by atoms with Crippen molar-refractivity contribution in [2.45, 2.75) is 82.7 Å². The van der Waals surface area contributed by atoms with Crippen molar-refractivity contribution in [3.05, 3.63) is 0 Å². The molecule has 2 aliphatic carbocycles. The lowest BCUT2D eigenvalue weighted by atomic mass is 9.92. The van der Waals surface area contributed by atoms with Gasteiger partial charge in [-0.15, -0.1) is 0 Å². The van der Waals surface area contributed by atoms with E-state index in [1.165, 1.54) is 44.9 Å². The van der Waals surface area contributed by atoms with Gasteiger partial charge in [-0.1, -0.05) is 32.1 Å². The Morgan fingerprint density at radius 1 is 0.955 bits per heavy atom. The van der Waals surface area contributed by atoms with Crippen molar-refractivity contribution >= 4 is 11.7 Å². The number of hydrogen-bond donors (Lipinski definition) is 2. The van der Waals surface area contributed by atoms with E-state index in [-0.39, 0.29) is 6.03 Å². The monoisotopic (exact) mass is 306 g/mol. The first-order chi connectivity index (χ1) is 10.8. The number of carbonyl (C=O) groups excluding carboxylic acids is 1. The quantitative estimate of drug-likeness (QED) is 0.788. The van der Waals surface area contributed by atoms with Crippen molar-refractivity contribution in [1.82, 2.24) is 15.6 Å². The van der Waals surface area contributed by atoms with Gasteiger partial charge in [-0.2, -0.15) is 5.10 Å². The van der Waals surface area contributed by atoms with Crippen LogP contribution in [-0.4, -0.2) is 41.8 Å². The molecule has 0 atom stereocenters. The number of hydrogen-bond acceptors (Lipinski definition) is 3. The van der Waals surface area contributed by atoms with Crippen molar-refractivity contribution in [2.24, 2.45) is 5.10 Å². The highest BCUT2D eigenvalue weighted by molar-refractivity contribution is 5.87. The summed E-state index contributed by atoms with van der Waals surface area (Å²) in [4.78, 5) is 14.4. The number of carbonyl (C=O) groups is 1. The van der Waals surface area contributed by atoms with Crippen molar-refractivity contribution in [3.63, 3.8) is 0 Å². The summed E-state index contributed by atoms with van der Waals surface area (Å²) in [6, 6.07) is 1.02. The molecule has 3 aliphatic rings. The van der Waals surface area contributed by atoms with Crippen LogP contribution in [0.5, 0.6) is 0 Å². The predicted octanol–water partition coefficient (Wildman–Crippen LogP) is 3.01. The summed E-state index contributed by atoms with van der Waals surface area (Å²) in [6.07, 6.45) is 13.6. The Labute approximate surface area is 133 Å². The minimum Gasteiger partial charge on any atom is -0.334 e. The third-order valence-corrected chi connectivity index (χ3v) is 5.47. The Kier molecular flexibility index (Phi) is 5.70. The van der Waals surface area contributed by atoms with E-state index in [4.69, 9.17) is 0 Å². The third kappa shape index (κ3) is 4.45. The van der Waals surface area contributed by atoms with E-state index in [0.717, 1.165) is 50.5 Å². The molecule has 124 valence electrons. The van der Waals surface area contributed by atoms with Gasteiger partial charge in [-0.3, -0.25) is 4.90 Å². The maximum Gasteiger partial charge on any atom is 0.335 e.